The third kappa shape index (κ3) is 3.88. The Labute approximate surface area is 151 Å². The summed E-state index contributed by atoms with van der Waals surface area (Å²) < 4.78 is 1.60. The van der Waals surface area contributed by atoms with Gasteiger partial charge in [0.25, 0.3) is 5.91 Å². The number of anilines is 1. The fraction of sp³-hybridized carbons (Fsp3) is 0.211. The summed E-state index contributed by atoms with van der Waals surface area (Å²) in [5.41, 5.74) is 2.65. The molecule has 0 bridgehead atoms. The van der Waals surface area contributed by atoms with Gasteiger partial charge in [-0.15, -0.1) is 5.10 Å². The van der Waals surface area contributed by atoms with E-state index < -0.39 is 0 Å². The summed E-state index contributed by atoms with van der Waals surface area (Å²) in [6.45, 7) is 6.01. The minimum absolute atomic E-state index is 0.118. The molecule has 0 atom stereocenters. The van der Waals surface area contributed by atoms with Crippen LogP contribution in [-0.2, 0) is 0 Å². The summed E-state index contributed by atoms with van der Waals surface area (Å²) in [6, 6.07) is 15.0. The minimum atomic E-state index is -0.343. The van der Waals surface area contributed by atoms with Gasteiger partial charge in [-0.05, 0) is 48.7 Å². The van der Waals surface area contributed by atoms with Crippen LogP contribution in [0.1, 0.15) is 41.8 Å². The van der Waals surface area contributed by atoms with Gasteiger partial charge in [0, 0.05) is 10.7 Å². The van der Waals surface area contributed by atoms with E-state index in [9.17, 15) is 4.79 Å². The number of aryl methyl sites for hydroxylation is 1. The maximum Gasteiger partial charge on any atom is 0.295 e. The maximum absolute atomic E-state index is 12.5. The fourth-order valence-electron chi connectivity index (χ4n) is 2.50. The number of nitrogens with one attached hydrogen (secondary N) is 1. The Morgan fingerprint density at radius 2 is 1.92 bits per heavy atom. The molecule has 0 saturated carbocycles. The summed E-state index contributed by atoms with van der Waals surface area (Å²) in [4.78, 5) is 16.8. The van der Waals surface area contributed by atoms with Crippen LogP contribution in [-0.4, -0.2) is 20.7 Å². The highest BCUT2D eigenvalue weighted by atomic mass is 35.5. The number of hydrogen-bond acceptors (Lipinski definition) is 3. The molecule has 0 radical (unpaired) electrons. The highest BCUT2D eigenvalue weighted by molar-refractivity contribution is 6.30. The molecule has 1 N–H and O–H groups in total. The summed E-state index contributed by atoms with van der Waals surface area (Å²) in [5.74, 6) is 0.778. The molecule has 0 aliphatic rings. The summed E-state index contributed by atoms with van der Waals surface area (Å²) in [5, 5.41) is 7.76. The number of aromatic nitrogens is 3. The molecule has 25 heavy (non-hydrogen) atoms. The first-order valence-electron chi connectivity index (χ1n) is 8.05. The van der Waals surface area contributed by atoms with Crippen LogP contribution in [0.3, 0.4) is 0 Å². The first-order chi connectivity index (χ1) is 11.9. The molecule has 0 saturated heterocycles. The van der Waals surface area contributed by atoms with E-state index in [2.05, 4.69) is 29.2 Å². The van der Waals surface area contributed by atoms with Crippen LogP contribution in [0.15, 0.2) is 48.5 Å². The molecule has 3 aromatic rings. The third-order valence-electron chi connectivity index (χ3n) is 3.84. The van der Waals surface area contributed by atoms with Crippen molar-refractivity contribution < 1.29 is 4.79 Å². The van der Waals surface area contributed by atoms with E-state index in [1.165, 1.54) is 0 Å². The molecule has 0 fully saturated rings. The van der Waals surface area contributed by atoms with Crippen molar-refractivity contribution in [2.75, 3.05) is 5.32 Å². The molecule has 0 aliphatic heterocycles. The van der Waals surface area contributed by atoms with Gasteiger partial charge in [-0.2, -0.15) is 0 Å². The van der Waals surface area contributed by atoms with Gasteiger partial charge in [-0.1, -0.05) is 43.6 Å². The smallest absolute Gasteiger partial charge is 0.295 e. The van der Waals surface area contributed by atoms with Crippen LogP contribution < -0.4 is 5.32 Å². The van der Waals surface area contributed by atoms with Gasteiger partial charge in [-0.25, -0.2) is 9.67 Å². The Hall–Kier alpha value is -2.66. The van der Waals surface area contributed by atoms with Crippen molar-refractivity contribution in [2.45, 2.75) is 26.7 Å². The number of halogens is 1. The van der Waals surface area contributed by atoms with E-state index in [1.54, 1.807) is 23.7 Å². The molecule has 1 amide bonds. The van der Waals surface area contributed by atoms with Crippen LogP contribution in [0.5, 0.6) is 0 Å². The molecular weight excluding hydrogens is 336 g/mol. The quantitative estimate of drug-likeness (QED) is 0.744. The molecule has 0 spiro atoms. The highest BCUT2D eigenvalue weighted by Gasteiger charge is 2.16. The molecule has 0 aliphatic carbocycles. The molecule has 2 aromatic carbocycles. The van der Waals surface area contributed by atoms with E-state index >= 15 is 0 Å². The van der Waals surface area contributed by atoms with E-state index in [-0.39, 0.29) is 11.7 Å². The minimum Gasteiger partial charge on any atom is -0.319 e. The Morgan fingerprint density at radius 1 is 1.16 bits per heavy atom. The molecule has 5 nitrogen and oxygen atoms in total. The van der Waals surface area contributed by atoms with Crippen molar-refractivity contribution in [3.8, 4) is 5.69 Å². The summed E-state index contributed by atoms with van der Waals surface area (Å²) >= 11 is 6.02. The number of carbonyl (C=O) groups is 1. The highest BCUT2D eigenvalue weighted by Crippen LogP contribution is 2.19. The van der Waals surface area contributed by atoms with Crippen LogP contribution >= 0.6 is 11.6 Å². The summed E-state index contributed by atoms with van der Waals surface area (Å²) in [6.07, 6.45) is 0. The zero-order valence-electron chi connectivity index (χ0n) is 14.3. The van der Waals surface area contributed by atoms with E-state index in [1.807, 2.05) is 36.4 Å². The molecular formula is C19H19ClN4O. The molecule has 1 heterocycles. The van der Waals surface area contributed by atoms with E-state index in [4.69, 9.17) is 11.6 Å². The van der Waals surface area contributed by atoms with Gasteiger partial charge in [0.2, 0.25) is 5.82 Å². The molecule has 0 unspecified atom stereocenters. The second kappa shape index (κ2) is 7.07. The molecule has 128 valence electrons. The fourth-order valence-corrected chi connectivity index (χ4v) is 2.69. The van der Waals surface area contributed by atoms with Crippen molar-refractivity contribution in [2.24, 2.45) is 0 Å². The monoisotopic (exact) mass is 354 g/mol. The van der Waals surface area contributed by atoms with Gasteiger partial charge in [-0.3, -0.25) is 4.79 Å². The molecule has 1 aromatic heterocycles. The first kappa shape index (κ1) is 17.2. The average Bonchev–Trinajstić information content (AvgIpc) is 2.97. The van der Waals surface area contributed by atoms with Gasteiger partial charge in [0.1, 0.15) is 5.82 Å². The zero-order valence-corrected chi connectivity index (χ0v) is 15.1. The molecule has 3 rings (SSSR count). The lowest BCUT2D eigenvalue weighted by molar-refractivity contribution is 0.101. The third-order valence-corrected chi connectivity index (χ3v) is 4.07. The topological polar surface area (TPSA) is 59.8 Å². The molecule has 6 heteroatoms. The van der Waals surface area contributed by atoms with Crippen LogP contribution in [0.4, 0.5) is 5.69 Å². The zero-order chi connectivity index (χ0) is 18.0. The second-order valence-corrected chi connectivity index (χ2v) is 6.55. The maximum atomic E-state index is 12.5. The number of rotatable bonds is 4. The number of nitrogens with zero attached hydrogens (tertiary/aromatic N) is 3. The second-order valence-electron chi connectivity index (χ2n) is 6.11. The van der Waals surface area contributed by atoms with Crippen LogP contribution in [0.25, 0.3) is 5.69 Å². The standard InChI is InChI=1S/C19H19ClN4O/c1-12(2)14-6-4-8-16(10-14)22-19(25)18-21-13(3)24(23-18)17-9-5-7-15(20)11-17/h4-12H,1-3H3,(H,22,25). The number of amides is 1. The number of carbonyl (C=O) groups excluding carboxylic acids is 1. The van der Waals surface area contributed by atoms with E-state index in [0.29, 0.717) is 16.8 Å². The van der Waals surface area contributed by atoms with Gasteiger partial charge in [0.05, 0.1) is 5.69 Å². The number of hydrogen-bond donors (Lipinski definition) is 1. The predicted molar refractivity (Wildman–Crippen MR) is 99.6 cm³/mol. The van der Waals surface area contributed by atoms with Gasteiger partial charge in [0.15, 0.2) is 0 Å². The van der Waals surface area contributed by atoms with Crippen molar-refractivity contribution in [3.63, 3.8) is 0 Å². The van der Waals surface area contributed by atoms with Crippen molar-refractivity contribution in [1.29, 1.82) is 0 Å². The Balaban J connectivity index is 1.84. The van der Waals surface area contributed by atoms with Crippen molar-refractivity contribution >= 4 is 23.2 Å². The normalized spacial score (nSPS) is 10.9. The summed E-state index contributed by atoms with van der Waals surface area (Å²) in [7, 11) is 0. The van der Waals surface area contributed by atoms with Crippen molar-refractivity contribution in [3.05, 3.63) is 70.8 Å². The first-order valence-corrected chi connectivity index (χ1v) is 8.43. The lowest BCUT2D eigenvalue weighted by atomic mass is 10.0. The largest absolute Gasteiger partial charge is 0.319 e. The van der Waals surface area contributed by atoms with Gasteiger partial charge >= 0.3 is 0 Å². The average molecular weight is 355 g/mol. The Morgan fingerprint density at radius 3 is 2.64 bits per heavy atom. The van der Waals surface area contributed by atoms with Gasteiger partial charge < -0.3 is 5.32 Å². The van der Waals surface area contributed by atoms with E-state index in [0.717, 1.165) is 16.9 Å². The lowest BCUT2D eigenvalue weighted by Gasteiger charge is -2.08. The SMILES string of the molecule is Cc1nc(C(=O)Nc2cccc(C(C)C)c2)nn1-c1cccc(Cl)c1. The van der Waals surface area contributed by atoms with Crippen molar-refractivity contribution in [1.82, 2.24) is 14.8 Å². The predicted octanol–water partition coefficient (Wildman–Crippen LogP) is 4.60. The van der Waals surface area contributed by atoms with Crippen LogP contribution in [0.2, 0.25) is 5.02 Å². The lowest BCUT2D eigenvalue weighted by Crippen LogP contribution is -2.14. The number of benzene rings is 2. The van der Waals surface area contributed by atoms with Crippen LogP contribution in [0, 0.1) is 6.92 Å². The Kier molecular flexibility index (Phi) is 4.86. The Bertz CT molecular complexity index is 917.